The molecule has 1 aliphatic carbocycles. The Labute approximate surface area is 123 Å². The lowest BCUT2D eigenvalue weighted by molar-refractivity contribution is -0.128. The average Bonchev–Trinajstić information content (AvgIpc) is 2.37. The molecule has 1 saturated heterocycles. The fourth-order valence-corrected chi connectivity index (χ4v) is 3.43. The fourth-order valence-electron chi connectivity index (χ4n) is 3.43. The SMILES string of the molecule is CC1CCCC(CNC(=O)C2(C)CCCCN2)C1.Cl. The van der Waals surface area contributed by atoms with Gasteiger partial charge in [-0.15, -0.1) is 12.4 Å². The van der Waals surface area contributed by atoms with Crippen molar-refractivity contribution in [3.05, 3.63) is 0 Å². The van der Waals surface area contributed by atoms with Gasteiger partial charge in [0.25, 0.3) is 0 Å². The normalized spacial score (nSPS) is 35.3. The quantitative estimate of drug-likeness (QED) is 0.838. The molecule has 0 bridgehead atoms. The van der Waals surface area contributed by atoms with E-state index in [1.54, 1.807) is 0 Å². The van der Waals surface area contributed by atoms with Gasteiger partial charge in [-0.25, -0.2) is 0 Å². The Morgan fingerprint density at radius 3 is 2.74 bits per heavy atom. The van der Waals surface area contributed by atoms with Crippen LogP contribution in [-0.4, -0.2) is 24.5 Å². The minimum absolute atomic E-state index is 0. The van der Waals surface area contributed by atoms with Gasteiger partial charge >= 0.3 is 0 Å². The zero-order valence-electron chi connectivity index (χ0n) is 12.3. The number of carbonyl (C=O) groups is 1. The highest BCUT2D eigenvalue weighted by Crippen LogP contribution is 2.28. The molecule has 0 aromatic carbocycles. The number of halogens is 1. The van der Waals surface area contributed by atoms with Crippen LogP contribution in [-0.2, 0) is 4.79 Å². The largest absolute Gasteiger partial charge is 0.354 e. The molecular formula is C15H29ClN2O. The number of hydrogen-bond donors (Lipinski definition) is 2. The van der Waals surface area contributed by atoms with Gasteiger partial charge in [0.05, 0.1) is 5.54 Å². The van der Waals surface area contributed by atoms with Crippen LogP contribution in [0.1, 0.15) is 58.8 Å². The molecule has 1 saturated carbocycles. The molecule has 1 heterocycles. The van der Waals surface area contributed by atoms with Crippen LogP contribution in [0.15, 0.2) is 0 Å². The first-order valence-electron chi connectivity index (χ1n) is 7.63. The lowest BCUT2D eigenvalue weighted by atomic mass is 9.82. The van der Waals surface area contributed by atoms with E-state index in [-0.39, 0.29) is 23.9 Å². The summed E-state index contributed by atoms with van der Waals surface area (Å²) in [6.07, 6.45) is 8.60. The number of carbonyl (C=O) groups excluding carboxylic acids is 1. The maximum atomic E-state index is 12.3. The summed E-state index contributed by atoms with van der Waals surface area (Å²) in [7, 11) is 0. The maximum Gasteiger partial charge on any atom is 0.240 e. The smallest absolute Gasteiger partial charge is 0.240 e. The predicted molar refractivity (Wildman–Crippen MR) is 81.6 cm³/mol. The van der Waals surface area contributed by atoms with Crippen LogP contribution in [0.5, 0.6) is 0 Å². The summed E-state index contributed by atoms with van der Waals surface area (Å²) in [6, 6.07) is 0. The number of piperidine rings is 1. The Kier molecular flexibility index (Phi) is 6.61. The summed E-state index contributed by atoms with van der Waals surface area (Å²) in [4.78, 5) is 12.3. The third kappa shape index (κ3) is 4.64. The monoisotopic (exact) mass is 288 g/mol. The van der Waals surface area contributed by atoms with Crippen LogP contribution in [0.4, 0.5) is 0 Å². The predicted octanol–water partition coefficient (Wildman–Crippen LogP) is 2.88. The van der Waals surface area contributed by atoms with Gasteiger partial charge in [-0.3, -0.25) is 4.79 Å². The first-order chi connectivity index (χ1) is 8.60. The van der Waals surface area contributed by atoms with Crippen molar-refractivity contribution < 1.29 is 4.79 Å². The second-order valence-electron chi connectivity index (χ2n) is 6.56. The average molecular weight is 289 g/mol. The molecule has 1 aliphatic heterocycles. The molecule has 3 unspecified atom stereocenters. The van der Waals surface area contributed by atoms with Crippen molar-refractivity contribution in [2.24, 2.45) is 11.8 Å². The van der Waals surface area contributed by atoms with Gasteiger partial charge in [-0.2, -0.15) is 0 Å². The van der Waals surface area contributed by atoms with Crippen LogP contribution < -0.4 is 10.6 Å². The Bertz CT molecular complexity index is 290. The second-order valence-corrected chi connectivity index (χ2v) is 6.56. The van der Waals surface area contributed by atoms with E-state index in [9.17, 15) is 4.79 Å². The van der Waals surface area contributed by atoms with E-state index in [0.29, 0.717) is 5.92 Å². The molecule has 0 spiro atoms. The zero-order chi connectivity index (χ0) is 13.0. The number of amides is 1. The van der Waals surface area contributed by atoms with Gasteiger partial charge in [-0.05, 0) is 57.4 Å². The van der Waals surface area contributed by atoms with Crippen LogP contribution in [0.3, 0.4) is 0 Å². The van der Waals surface area contributed by atoms with Crippen LogP contribution in [0.25, 0.3) is 0 Å². The van der Waals surface area contributed by atoms with Crippen molar-refractivity contribution in [2.45, 2.75) is 64.3 Å². The molecule has 2 N–H and O–H groups in total. The van der Waals surface area contributed by atoms with Gasteiger partial charge in [0, 0.05) is 6.54 Å². The lowest BCUT2D eigenvalue weighted by Crippen LogP contribution is -2.57. The molecule has 2 fully saturated rings. The third-order valence-corrected chi connectivity index (χ3v) is 4.72. The van der Waals surface area contributed by atoms with Crippen LogP contribution in [0.2, 0.25) is 0 Å². The molecule has 112 valence electrons. The Morgan fingerprint density at radius 1 is 1.32 bits per heavy atom. The van der Waals surface area contributed by atoms with Gasteiger partial charge in [0.15, 0.2) is 0 Å². The zero-order valence-corrected chi connectivity index (χ0v) is 13.2. The molecule has 19 heavy (non-hydrogen) atoms. The highest BCUT2D eigenvalue weighted by molar-refractivity contribution is 5.86. The molecular weight excluding hydrogens is 260 g/mol. The van der Waals surface area contributed by atoms with E-state index < -0.39 is 0 Å². The molecule has 2 rings (SSSR count). The van der Waals surface area contributed by atoms with E-state index in [1.165, 1.54) is 32.1 Å². The van der Waals surface area contributed by atoms with Gasteiger partial charge < -0.3 is 10.6 Å². The number of rotatable bonds is 3. The minimum Gasteiger partial charge on any atom is -0.354 e. The van der Waals surface area contributed by atoms with Gasteiger partial charge in [-0.1, -0.05) is 19.8 Å². The first-order valence-corrected chi connectivity index (χ1v) is 7.63. The number of hydrogen-bond acceptors (Lipinski definition) is 2. The summed E-state index contributed by atoms with van der Waals surface area (Å²) >= 11 is 0. The molecule has 3 nitrogen and oxygen atoms in total. The minimum atomic E-state index is -0.321. The topological polar surface area (TPSA) is 41.1 Å². The Morgan fingerprint density at radius 2 is 2.11 bits per heavy atom. The number of nitrogens with one attached hydrogen (secondary N) is 2. The summed E-state index contributed by atoms with van der Waals surface area (Å²) in [5, 5.41) is 6.56. The Hall–Kier alpha value is -0.280. The fraction of sp³-hybridized carbons (Fsp3) is 0.933. The molecule has 3 atom stereocenters. The highest BCUT2D eigenvalue weighted by atomic mass is 35.5. The van der Waals surface area contributed by atoms with Crippen LogP contribution in [0, 0.1) is 11.8 Å². The first kappa shape index (κ1) is 16.8. The van der Waals surface area contributed by atoms with Crippen molar-refractivity contribution >= 4 is 18.3 Å². The molecule has 0 aromatic heterocycles. The van der Waals surface area contributed by atoms with E-state index in [4.69, 9.17) is 0 Å². The third-order valence-electron chi connectivity index (χ3n) is 4.72. The van der Waals surface area contributed by atoms with Crippen molar-refractivity contribution in [1.82, 2.24) is 10.6 Å². The van der Waals surface area contributed by atoms with E-state index >= 15 is 0 Å². The van der Waals surface area contributed by atoms with E-state index in [1.807, 2.05) is 6.92 Å². The maximum absolute atomic E-state index is 12.3. The standard InChI is InChI=1S/C15H28N2O.ClH/c1-12-6-5-7-13(10-12)11-16-14(18)15(2)8-3-4-9-17-15;/h12-13,17H,3-11H2,1-2H3,(H,16,18);1H. The Balaban J connectivity index is 0.00000180. The molecule has 0 aromatic rings. The second kappa shape index (κ2) is 7.49. The molecule has 0 radical (unpaired) electrons. The molecule has 4 heteroatoms. The molecule has 2 aliphatic rings. The lowest BCUT2D eigenvalue weighted by Gasteiger charge is -2.34. The van der Waals surface area contributed by atoms with Crippen molar-refractivity contribution in [1.29, 1.82) is 0 Å². The van der Waals surface area contributed by atoms with Crippen molar-refractivity contribution in [2.75, 3.05) is 13.1 Å². The van der Waals surface area contributed by atoms with Gasteiger partial charge in [0.1, 0.15) is 0 Å². The summed E-state index contributed by atoms with van der Waals surface area (Å²) in [6.45, 7) is 6.23. The highest BCUT2D eigenvalue weighted by Gasteiger charge is 2.34. The van der Waals surface area contributed by atoms with Gasteiger partial charge in [0.2, 0.25) is 5.91 Å². The van der Waals surface area contributed by atoms with Crippen LogP contribution >= 0.6 is 12.4 Å². The van der Waals surface area contributed by atoms with E-state index in [2.05, 4.69) is 17.6 Å². The van der Waals surface area contributed by atoms with Crippen molar-refractivity contribution in [3.8, 4) is 0 Å². The van der Waals surface area contributed by atoms with E-state index in [0.717, 1.165) is 31.8 Å². The summed E-state index contributed by atoms with van der Waals surface area (Å²) in [5.41, 5.74) is -0.321. The summed E-state index contributed by atoms with van der Waals surface area (Å²) in [5.74, 6) is 1.74. The summed E-state index contributed by atoms with van der Waals surface area (Å²) < 4.78 is 0. The van der Waals surface area contributed by atoms with Crippen molar-refractivity contribution in [3.63, 3.8) is 0 Å². The molecule has 1 amide bonds.